The standard InChI is InChI=1S/C24H31ClN2O2/c1-2-3-4-5-6-7-8-12-24(28)27-26-18-21-10-9-11-23(17-21)29-19-20-13-15-22(25)16-14-20/h9-11,13-18H,2-8,12,19H2,1H3,(H,27,28). The first-order valence-corrected chi connectivity index (χ1v) is 10.8. The van der Waals surface area contributed by atoms with Crippen LogP contribution in [0.15, 0.2) is 53.6 Å². The molecule has 0 saturated heterocycles. The summed E-state index contributed by atoms with van der Waals surface area (Å²) < 4.78 is 5.81. The zero-order valence-electron chi connectivity index (χ0n) is 17.2. The van der Waals surface area contributed by atoms with E-state index in [2.05, 4.69) is 17.5 Å². The minimum atomic E-state index is -0.0371. The summed E-state index contributed by atoms with van der Waals surface area (Å²) in [6.45, 7) is 2.68. The molecule has 0 aliphatic heterocycles. The Morgan fingerprint density at radius 2 is 1.76 bits per heavy atom. The molecule has 0 spiro atoms. The van der Waals surface area contributed by atoms with E-state index in [9.17, 15) is 4.79 Å². The van der Waals surface area contributed by atoms with Crippen LogP contribution < -0.4 is 10.2 Å². The van der Waals surface area contributed by atoms with Gasteiger partial charge >= 0.3 is 0 Å². The van der Waals surface area contributed by atoms with Crippen molar-refractivity contribution >= 4 is 23.7 Å². The van der Waals surface area contributed by atoms with E-state index in [0.29, 0.717) is 18.1 Å². The van der Waals surface area contributed by atoms with Gasteiger partial charge in [0.25, 0.3) is 0 Å². The highest BCUT2D eigenvalue weighted by molar-refractivity contribution is 6.30. The van der Waals surface area contributed by atoms with E-state index in [-0.39, 0.29) is 5.91 Å². The lowest BCUT2D eigenvalue weighted by Gasteiger charge is -2.07. The van der Waals surface area contributed by atoms with Crippen LogP contribution in [0.4, 0.5) is 0 Å². The monoisotopic (exact) mass is 414 g/mol. The van der Waals surface area contributed by atoms with Crippen molar-refractivity contribution in [3.8, 4) is 5.75 Å². The van der Waals surface area contributed by atoms with Gasteiger partial charge in [0.05, 0.1) is 6.21 Å². The molecule has 0 aliphatic carbocycles. The maximum atomic E-state index is 11.9. The molecule has 0 aromatic heterocycles. The zero-order valence-corrected chi connectivity index (χ0v) is 18.0. The number of carbonyl (C=O) groups is 1. The molecule has 2 aromatic carbocycles. The van der Waals surface area contributed by atoms with E-state index in [1.807, 2.05) is 48.5 Å². The Morgan fingerprint density at radius 1 is 1.03 bits per heavy atom. The summed E-state index contributed by atoms with van der Waals surface area (Å²) in [4.78, 5) is 11.9. The number of nitrogens with one attached hydrogen (secondary N) is 1. The number of halogens is 1. The predicted molar refractivity (Wildman–Crippen MR) is 121 cm³/mol. The molecule has 0 unspecified atom stereocenters. The van der Waals surface area contributed by atoms with E-state index >= 15 is 0 Å². The van der Waals surface area contributed by atoms with Crippen LogP contribution in [0.25, 0.3) is 0 Å². The number of rotatable bonds is 13. The molecule has 0 radical (unpaired) electrons. The molecule has 0 aliphatic rings. The van der Waals surface area contributed by atoms with E-state index in [0.717, 1.165) is 29.7 Å². The number of hydrazone groups is 1. The van der Waals surface area contributed by atoms with Gasteiger partial charge in [-0.25, -0.2) is 5.43 Å². The summed E-state index contributed by atoms with van der Waals surface area (Å²) in [7, 11) is 0. The minimum absolute atomic E-state index is 0.0371. The number of amides is 1. The van der Waals surface area contributed by atoms with Crippen molar-refractivity contribution in [3.05, 3.63) is 64.7 Å². The first-order valence-electron chi connectivity index (χ1n) is 10.5. The average molecular weight is 415 g/mol. The maximum absolute atomic E-state index is 11.9. The van der Waals surface area contributed by atoms with Gasteiger partial charge in [-0.15, -0.1) is 0 Å². The number of ether oxygens (including phenoxy) is 1. The molecule has 1 N–H and O–H groups in total. The van der Waals surface area contributed by atoms with Gasteiger partial charge in [0.2, 0.25) is 5.91 Å². The number of unbranched alkanes of at least 4 members (excludes halogenated alkanes) is 6. The van der Waals surface area contributed by atoms with Crippen LogP contribution >= 0.6 is 11.6 Å². The van der Waals surface area contributed by atoms with Crippen molar-refractivity contribution in [2.75, 3.05) is 0 Å². The highest BCUT2D eigenvalue weighted by atomic mass is 35.5. The molecular formula is C24H31ClN2O2. The smallest absolute Gasteiger partial charge is 0.240 e. The minimum Gasteiger partial charge on any atom is -0.489 e. The second-order valence-corrected chi connectivity index (χ2v) is 7.59. The second-order valence-electron chi connectivity index (χ2n) is 7.15. The molecular weight excluding hydrogens is 384 g/mol. The Balaban J connectivity index is 1.67. The quantitative estimate of drug-likeness (QED) is 0.231. The highest BCUT2D eigenvalue weighted by Crippen LogP contribution is 2.16. The van der Waals surface area contributed by atoms with Crippen LogP contribution in [0.3, 0.4) is 0 Å². The third-order valence-corrected chi connectivity index (χ3v) is 4.84. The molecule has 0 bridgehead atoms. The van der Waals surface area contributed by atoms with Gasteiger partial charge in [-0.2, -0.15) is 5.10 Å². The summed E-state index contributed by atoms with van der Waals surface area (Å²) in [5.74, 6) is 0.711. The average Bonchev–Trinajstić information content (AvgIpc) is 2.73. The van der Waals surface area contributed by atoms with E-state index in [4.69, 9.17) is 16.3 Å². The number of hydrogen-bond donors (Lipinski definition) is 1. The van der Waals surface area contributed by atoms with E-state index in [1.165, 1.54) is 32.1 Å². The summed E-state index contributed by atoms with van der Waals surface area (Å²) >= 11 is 5.89. The molecule has 0 fully saturated rings. The SMILES string of the molecule is CCCCCCCCCC(=O)NN=Cc1cccc(OCc2ccc(Cl)cc2)c1. The topological polar surface area (TPSA) is 50.7 Å². The van der Waals surface area contributed by atoms with Gasteiger partial charge in [0.1, 0.15) is 12.4 Å². The van der Waals surface area contributed by atoms with Crippen molar-refractivity contribution in [2.45, 2.75) is 64.9 Å². The van der Waals surface area contributed by atoms with Gasteiger partial charge in [-0.05, 0) is 41.8 Å². The first-order chi connectivity index (χ1) is 14.2. The fraction of sp³-hybridized carbons (Fsp3) is 0.417. The Labute approximate surface area is 179 Å². The third kappa shape index (κ3) is 10.1. The van der Waals surface area contributed by atoms with Crippen LogP contribution in [0, 0.1) is 0 Å². The van der Waals surface area contributed by atoms with Gasteiger partial charge in [-0.1, -0.05) is 81.3 Å². The van der Waals surface area contributed by atoms with Gasteiger partial charge in [0, 0.05) is 11.4 Å². The highest BCUT2D eigenvalue weighted by Gasteiger charge is 2.00. The molecule has 2 aromatic rings. The largest absolute Gasteiger partial charge is 0.489 e. The second kappa shape index (κ2) is 13.8. The number of benzene rings is 2. The summed E-state index contributed by atoms with van der Waals surface area (Å²) in [5.41, 5.74) is 4.52. The number of carbonyl (C=O) groups excluding carboxylic acids is 1. The van der Waals surface area contributed by atoms with Crippen molar-refractivity contribution < 1.29 is 9.53 Å². The third-order valence-electron chi connectivity index (χ3n) is 4.59. The molecule has 0 heterocycles. The fourth-order valence-corrected chi connectivity index (χ4v) is 3.04. The van der Waals surface area contributed by atoms with Crippen LogP contribution in [0.2, 0.25) is 5.02 Å². The van der Waals surface area contributed by atoms with Crippen LogP contribution in [-0.2, 0) is 11.4 Å². The van der Waals surface area contributed by atoms with Crippen molar-refractivity contribution in [1.29, 1.82) is 0 Å². The Hall–Kier alpha value is -2.33. The van der Waals surface area contributed by atoms with Crippen molar-refractivity contribution in [1.82, 2.24) is 5.43 Å². The number of nitrogens with zero attached hydrogens (tertiary/aromatic N) is 1. The number of hydrogen-bond acceptors (Lipinski definition) is 3. The van der Waals surface area contributed by atoms with Gasteiger partial charge < -0.3 is 4.74 Å². The molecule has 4 nitrogen and oxygen atoms in total. The van der Waals surface area contributed by atoms with Crippen LogP contribution in [-0.4, -0.2) is 12.1 Å². The summed E-state index contributed by atoms with van der Waals surface area (Å²) in [6, 6.07) is 15.2. The fourth-order valence-electron chi connectivity index (χ4n) is 2.91. The molecule has 1 amide bonds. The zero-order chi connectivity index (χ0) is 20.7. The Kier molecular flexibility index (Phi) is 10.9. The van der Waals surface area contributed by atoms with Crippen LogP contribution in [0.5, 0.6) is 5.75 Å². The van der Waals surface area contributed by atoms with Crippen LogP contribution in [0.1, 0.15) is 69.4 Å². The molecule has 0 saturated carbocycles. The maximum Gasteiger partial charge on any atom is 0.240 e. The van der Waals surface area contributed by atoms with E-state index < -0.39 is 0 Å². The molecule has 5 heteroatoms. The summed E-state index contributed by atoms with van der Waals surface area (Å²) in [6.07, 6.45) is 10.5. The molecule has 0 atom stereocenters. The first kappa shape index (κ1) is 23.0. The lowest BCUT2D eigenvalue weighted by molar-refractivity contribution is -0.121. The van der Waals surface area contributed by atoms with E-state index in [1.54, 1.807) is 6.21 Å². The Bertz CT molecular complexity index is 760. The van der Waals surface area contributed by atoms with Crippen molar-refractivity contribution in [3.63, 3.8) is 0 Å². The summed E-state index contributed by atoms with van der Waals surface area (Å²) in [5, 5.41) is 4.76. The normalized spacial score (nSPS) is 11.0. The lowest BCUT2D eigenvalue weighted by atomic mass is 10.1. The molecule has 29 heavy (non-hydrogen) atoms. The van der Waals surface area contributed by atoms with Crippen molar-refractivity contribution in [2.24, 2.45) is 5.10 Å². The van der Waals surface area contributed by atoms with Gasteiger partial charge in [-0.3, -0.25) is 4.79 Å². The Morgan fingerprint density at radius 3 is 2.52 bits per heavy atom. The molecule has 156 valence electrons. The predicted octanol–water partition coefficient (Wildman–Crippen LogP) is 6.51. The lowest BCUT2D eigenvalue weighted by Crippen LogP contribution is -2.16. The van der Waals surface area contributed by atoms with Gasteiger partial charge in [0.15, 0.2) is 0 Å². The molecule has 2 rings (SSSR count).